The highest BCUT2D eigenvalue weighted by Gasteiger charge is 2.13. The van der Waals surface area contributed by atoms with E-state index in [1.807, 2.05) is 4.68 Å². The molecule has 1 atom stereocenters. The summed E-state index contributed by atoms with van der Waals surface area (Å²) in [5.74, 6) is 1.04. The Hall–Kier alpha value is -0.900. The summed E-state index contributed by atoms with van der Waals surface area (Å²) in [6.07, 6.45) is 1.61. The second kappa shape index (κ2) is 2.05. The largest absolute Gasteiger partial charge is 0.305 e. The van der Waals surface area contributed by atoms with Gasteiger partial charge < -0.3 is 5.32 Å². The zero-order chi connectivity index (χ0) is 6.97. The van der Waals surface area contributed by atoms with Crippen molar-refractivity contribution in [3.63, 3.8) is 0 Å². The van der Waals surface area contributed by atoms with Crippen molar-refractivity contribution in [2.45, 2.75) is 26.1 Å². The van der Waals surface area contributed by atoms with Gasteiger partial charge in [0.15, 0.2) is 0 Å². The number of rotatable bonds is 0. The third-order valence-corrected chi connectivity index (χ3v) is 1.75. The summed E-state index contributed by atoms with van der Waals surface area (Å²) in [6.45, 7) is 3.93. The van der Waals surface area contributed by atoms with E-state index in [-0.39, 0.29) is 0 Å². The monoisotopic (exact) mass is 138 g/mol. The molecule has 1 aromatic rings. The zero-order valence-corrected chi connectivity index (χ0v) is 5.91. The highest BCUT2D eigenvalue weighted by Crippen LogP contribution is 2.02. The summed E-state index contributed by atoms with van der Waals surface area (Å²) in [7, 11) is 0. The van der Waals surface area contributed by atoms with Crippen LogP contribution in [0.2, 0.25) is 0 Å². The Bertz CT molecular complexity index is 229. The van der Waals surface area contributed by atoms with Crippen molar-refractivity contribution in [2.24, 2.45) is 0 Å². The van der Waals surface area contributed by atoms with E-state index in [0.717, 1.165) is 18.9 Å². The van der Waals surface area contributed by atoms with Crippen LogP contribution in [-0.2, 0) is 13.1 Å². The van der Waals surface area contributed by atoms with Crippen LogP contribution in [0, 0.1) is 0 Å². The van der Waals surface area contributed by atoms with Gasteiger partial charge in [0, 0.05) is 6.04 Å². The SMILES string of the molecule is C[C@@H]1Cn2ncnc2CN1. The van der Waals surface area contributed by atoms with Crippen LogP contribution in [-0.4, -0.2) is 20.8 Å². The van der Waals surface area contributed by atoms with E-state index in [2.05, 4.69) is 22.3 Å². The third kappa shape index (κ3) is 0.806. The van der Waals surface area contributed by atoms with Crippen molar-refractivity contribution in [2.75, 3.05) is 0 Å². The van der Waals surface area contributed by atoms with Crippen molar-refractivity contribution < 1.29 is 0 Å². The molecule has 2 heterocycles. The molecule has 1 N–H and O–H groups in total. The van der Waals surface area contributed by atoms with E-state index in [1.165, 1.54) is 0 Å². The maximum atomic E-state index is 4.08. The van der Waals surface area contributed by atoms with Gasteiger partial charge in [0.2, 0.25) is 0 Å². The Labute approximate surface area is 59.3 Å². The van der Waals surface area contributed by atoms with Gasteiger partial charge in [0.1, 0.15) is 12.2 Å². The molecule has 0 fully saturated rings. The molecule has 1 aliphatic rings. The van der Waals surface area contributed by atoms with Gasteiger partial charge in [-0.1, -0.05) is 0 Å². The molecule has 0 aromatic carbocycles. The van der Waals surface area contributed by atoms with E-state index in [9.17, 15) is 0 Å². The molecule has 54 valence electrons. The number of aromatic nitrogens is 3. The maximum absolute atomic E-state index is 4.08. The summed E-state index contributed by atoms with van der Waals surface area (Å²) in [5.41, 5.74) is 0. The van der Waals surface area contributed by atoms with Gasteiger partial charge in [0.25, 0.3) is 0 Å². The first-order valence-electron chi connectivity index (χ1n) is 3.46. The van der Waals surface area contributed by atoms with Gasteiger partial charge in [-0.25, -0.2) is 9.67 Å². The van der Waals surface area contributed by atoms with E-state index >= 15 is 0 Å². The molecule has 1 aromatic heterocycles. The highest BCUT2D eigenvalue weighted by molar-refractivity contribution is 4.89. The molecule has 0 saturated carbocycles. The van der Waals surface area contributed by atoms with Crippen LogP contribution in [0.1, 0.15) is 12.7 Å². The number of nitrogens with one attached hydrogen (secondary N) is 1. The smallest absolute Gasteiger partial charge is 0.140 e. The average Bonchev–Trinajstić information content (AvgIpc) is 2.33. The Kier molecular flexibility index (Phi) is 1.20. The molecular weight excluding hydrogens is 128 g/mol. The molecular formula is C6H10N4. The van der Waals surface area contributed by atoms with Gasteiger partial charge in [0.05, 0.1) is 13.1 Å². The fourth-order valence-corrected chi connectivity index (χ4v) is 1.17. The van der Waals surface area contributed by atoms with Crippen LogP contribution < -0.4 is 5.32 Å². The minimum atomic E-state index is 0.522. The van der Waals surface area contributed by atoms with Crippen molar-refractivity contribution in [3.8, 4) is 0 Å². The Morgan fingerprint density at radius 3 is 3.60 bits per heavy atom. The number of nitrogens with zero attached hydrogens (tertiary/aromatic N) is 3. The molecule has 0 bridgehead atoms. The predicted molar refractivity (Wildman–Crippen MR) is 36.3 cm³/mol. The third-order valence-electron chi connectivity index (χ3n) is 1.75. The Morgan fingerprint density at radius 1 is 1.80 bits per heavy atom. The lowest BCUT2D eigenvalue weighted by Crippen LogP contribution is -2.36. The summed E-state index contributed by atoms with van der Waals surface area (Å²) in [5, 5.41) is 7.37. The molecule has 1 aliphatic heterocycles. The van der Waals surface area contributed by atoms with Crippen LogP contribution in [0.5, 0.6) is 0 Å². The van der Waals surface area contributed by atoms with Crippen LogP contribution in [0.4, 0.5) is 0 Å². The van der Waals surface area contributed by atoms with Gasteiger partial charge >= 0.3 is 0 Å². The molecule has 0 radical (unpaired) electrons. The van der Waals surface area contributed by atoms with Crippen LogP contribution in [0.3, 0.4) is 0 Å². The summed E-state index contributed by atoms with van der Waals surface area (Å²) >= 11 is 0. The number of hydrogen-bond donors (Lipinski definition) is 1. The summed E-state index contributed by atoms with van der Waals surface area (Å²) < 4.78 is 1.95. The fraction of sp³-hybridized carbons (Fsp3) is 0.667. The number of fused-ring (bicyclic) bond motifs is 1. The van der Waals surface area contributed by atoms with E-state index in [1.54, 1.807) is 6.33 Å². The molecule has 0 spiro atoms. The lowest BCUT2D eigenvalue weighted by atomic mass is 10.3. The Morgan fingerprint density at radius 2 is 2.70 bits per heavy atom. The molecule has 2 rings (SSSR count). The predicted octanol–water partition coefficient (Wildman–Crippen LogP) is -0.230. The van der Waals surface area contributed by atoms with E-state index in [0.29, 0.717) is 6.04 Å². The highest BCUT2D eigenvalue weighted by atomic mass is 15.4. The van der Waals surface area contributed by atoms with Crippen LogP contribution >= 0.6 is 0 Å². The van der Waals surface area contributed by atoms with Gasteiger partial charge in [-0.15, -0.1) is 0 Å². The van der Waals surface area contributed by atoms with Crippen LogP contribution in [0.25, 0.3) is 0 Å². The van der Waals surface area contributed by atoms with Crippen molar-refractivity contribution >= 4 is 0 Å². The van der Waals surface area contributed by atoms with Crippen molar-refractivity contribution in [1.82, 2.24) is 20.1 Å². The summed E-state index contributed by atoms with van der Waals surface area (Å²) in [6, 6.07) is 0.522. The van der Waals surface area contributed by atoms with Crippen molar-refractivity contribution in [3.05, 3.63) is 12.2 Å². The molecule has 0 amide bonds. The zero-order valence-electron chi connectivity index (χ0n) is 5.91. The molecule has 0 aliphatic carbocycles. The second-order valence-corrected chi connectivity index (χ2v) is 2.64. The molecule has 0 unspecified atom stereocenters. The average molecular weight is 138 g/mol. The Balaban J connectivity index is 2.30. The van der Waals surface area contributed by atoms with Gasteiger partial charge in [-0.3, -0.25) is 0 Å². The lowest BCUT2D eigenvalue weighted by molar-refractivity contribution is 0.384. The maximum Gasteiger partial charge on any atom is 0.140 e. The first kappa shape index (κ1) is 5.85. The first-order chi connectivity index (χ1) is 4.86. The fourth-order valence-electron chi connectivity index (χ4n) is 1.17. The lowest BCUT2D eigenvalue weighted by Gasteiger charge is -2.19. The molecule has 4 heteroatoms. The van der Waals surface area contributed by atoms with E-state index in [4.69, 9.17) is 0 Å². The normalized spacial score (nSPS) is 24.3. The van der Waals surface area contributed by atoms with Crippen LogP contribution in [0.15, 0.2) is 6.33 Å². The molecule has 10 heavy (non-hydrogen) atoms. The van der Waals surface area contributed by atoms with Crippen molar-refractivity contribution in [1.29, 1.82) is 0 Å². The topological polar surface area (TPSA) is 42.7 Å². The van der Waals surface area contributed by atoms with Gasteiger partial charge in [-0.2, -0.15) is 5.10 Å². The second-order valence-electron chi connectivity index (χ2n) is 2.64. The minimum Gasteiger partial charge on any atom is -0.305 e. The minimum absolute atomic E-state index is 0.522. The van der Waals surface area contributed by atoms with E-state index < -0.39 is 0 Å². The number of hydrogen-bond acceptors (Lipinski definition) is 3. The molecule has 4 nitrogen and oxygen atoms in total. The van der Waals surface area contributed by atoms with Gasteiger partial charge in [-0.05, 0) is 6.92 Å². The standard InChI is InChI=1S/C6H10N4/c1-5-3-10-6(2-7-5)8-4-9-10/h4-5,7H,2-3H2,1H3/t5-/m1/s1. The summed E-state index contributed by atoms with van der Waals surface area (Å²) in [4.78, 5) is 4.08. The first-order valence-corrected chi connectivity index (χ1v) is 3.46. The molecule has 0 saturated heterocycles. The quantitative estimate of drug-likeness (QED) is 0.538.